The summed E-state index contributed by atoms with van der Waals surface area (Å²) >= 11 is 0. The van der Waals surface area contributed by atoms with Crippen molar-refractivity contribution in [3.8, 4) is 0 Å². The second-order valence-corrected chi connectivity index (χ2v) is 3.50. The van der Waals surface area contributed by atoms with E-state index in [4.69, 9.17) is 4.74 Å². The number of esters is 1. The van der Waals surface area contributed by atoms with Crippen LogP contribution in [0.1, 0.15) is 18.9 Å². The average molecular weight is 251 g/mol. The highest BCUT2D eigenvalue weighted by molar-refractivity contribution is 5.89. The highest BCUT2D eigenvalue weighted by atomic mass is 16.6. The molecule has 0 atom stereocenters. The van der Waals surface area contributed by atoms with E-state index in [9.17, 15) is 20.0 Å². The molecule has 0 radical (unpaired) electrons. The molecule has 0 amide bonds. The van der Waals surface area contributed by atoms with Crippen molar-refractivity contribution in [2.45, 2.75) is 13.3 Å². The van der Waals surface area contributed by atoms with Gasteiger partial charge in [0.1, 0.15) is 5.76 Å². The van der Waals surface area contributed by atoms with Crippen LogP contribution in [0.5, 0.6) is 0 Å². The molecule has 1 rings (SSSR count). The van der Waals surface area contributed by atoms with E-state index in [1.54, 1.807) is 0 Å². The second kappa shape index (κ2) is 6.39. The van der Waals surface area contributed by atoms with Crippen LogP contribution in [0.4, 0.5) is 5.69 Å². The first kappa shape index (κ1) is 13.7. The van der Waals surface area contributed by atoms with Crippen molar-refractivity contribution in [2.24, 2.45) is 0 Å². The normalized spacial score (nSPS) is 11.1. The van der Waals surface area contributed by atoms with Gasteiger partial charge in [-0.25, -0.2) is 4.79 Å². The molecule has 0 saturated heterocycles. The Kier molecular flexibility index (Phi) is 4.86. The van der Waals surface area contributed by atoms with Gasteiger partial charge in [-0.15, -0.1) is 0 Å². The van der Waals surface area contributed by atoms with E-state index < -0.39 is 10.9 Å². The smallest absolute Gasteiger partial charge is 0.334 e. The fourth-order valence-corrected chi connectivity index (χ4v) is 1.19. The number of rotatable bonds is 5. The first-order valence-corrected chi connectivity index (χ1v) is 5.37. The van der Waals surface area contributed by atoms with Gasteiger partial charge in [-0.1, -0.05) is 6.92 Å². The molecule has 18 heavy (non-hydrogen) atoms. The Morgan fingerprint density at radius 1 is 1.44 bits per heavy atom. The van der Waals surface area contributed by atoms with E-state index in [0.29, 0.717) is 12.0 Å². The number of nitro groups is 1. The summed E-state index contributed by atoms with van der Waals surface area (Å²) in [5, 5.41) is 20.0. The fraction of sp³-hybridized carbons (Fsp3) is 0.250. The Bertz CT molecular complexity index is 464. The number of carbonyl (C=O) groups excluding carboxylic acids is 1. The number of carbonyl (C=O) groups is 1. The first-order chi connectivity index (χ1) is 8.54. The Hall–Kier alpha value is -2.37. The lowest BCUT2D eigenvalue weighted by Crippen LogP contribution is -2.02. The van der Waals surface area contributed by atoms with Crippen LogP contribution in [-0.4, -0.2) is 22.6 Å². The summed E-state index contributed by atoms with van der Waals surface area (Å²) in [7, 11) is 0. The third-order valence-corrected chi connectivity index (χ3v) is 2.08. The number of nitrogens with zero attached hydrogens (tertiary/aromatic N) is 1. The third kappa shape index (κ3) is 3.89. The van der Waals surface area contributed by atoms with Gasteiger partial charge in [0, 0.05) is 17.7 Å². The maximum Gasteiger partial charge on any atom is 0.334 e. The van der Waals surface area contributed by atoms with Gasteiger partial charge in [0.15, 0.2) is 0 Å². The van der Waals surface area contributed by atoms with Crippen LogP contribution in [0.3, 0.4) is 0 Å². The van der Waals surface area contributed by atoms with Gasteiger partial charge in [0.05, 0.1) is 17.6 Å². The van der Waals surface area contributed by atoms with E-state index in [1.807, 2.05) is 6.92 Å². The van der Waals surface area contributed by atoms with Gasteiger partial charge >= 0.3 is 5.97 Å². The number of nitro benzene ring substituents is 1. The Morgan fingerprint density at radius 3 is 2.56 bits per heavy atom. The lowest BCUT2D eigenvalue weighted by molar-refractivity contribution is -0.384. The molecule has 1 N–H and O–H groups in total. The summed E-state index contributed by atoms with van der Waals surface area (Å²) in [5.41, 5.74) is 0.231. The summed E-state index contributed by atoms with van der Waals surface area (Å²) in [6.07, 6.45) is 1.63. The molecule has 1 aromatic carbocycles. The van der Waals surface area contributed by atoms with Gasteiger partial charge in [-0.2, -0.15) is 0 Å². The molecule has 0 aliphatic carbocycles. The highest BCUT2D eigenvalue weighted by Gasteiger charge is 2.07. The van der Waals surface area contributed by atoms with Gasteiger partial charge in [0.2, 0.25) is 0 Å². The molecule has 0 spiro atoms. The molecule has 1 aromatic rings. The molecule has 0 aromatic heterocycles. The van der Waals surface area contributed by atoms with E-state index in [0.717, 1.165) is 6.08 Å². The SMILES string of the molecule is CCCOC(=O)C=C(O)c1ccc([N+](=O)[O-])cc1. The third-order valence-electron chi connectivity index (χ3n) is 2.08. The summed E-state index contributed by atoms with van der Waals surface area (Å²) < 4.78 is 4.76. The Balaban J connectivity index is 2.77. The van der Waals surface area contributed by atoms with E-state index >= 15 is 0 Å². The molecular weight excluding hydrogens is 238 g/mol. The molecular formula is C12H13NO5. The van der Waals surface area contributed by atoms with Crippen molar-refractivity contribution in [3.63, 3.8) is 0 Å². The van der Waals surface area contributed by atoms with Gasteiger partial charge in [0.25, 0.3) is 5.69 Å². The number of non-ortho nitro benzene ring substituents is 1. The van der Waals surface area contributed by atoms with Crippen molar-refractivity contribution in [3.05, 3.63) is 46.0 Å². The van der Waals surface area contributed by atoms with Crippen LogP contribution in [-0.2, 0) is 9.53 Å². The van der Waals surface area contributed by atoms with Crippen molar-refractivity contribution in [2.75, 3.05) is 6.61 Å². The number of benzene rings is 1. The monoisotopic (exact) mass is 251 g/mol. The average Bonchev–Trinajstić information content (AvgIpc) is 2.36. The van der Waals surface area contributed by atoms with Crippen LogP contribution in [0.15, 0.2) is 30.3 Å². The van der Waals surface area contributed by atoms with Crippen LogP contribution in [0, 0.1) is 10.1 Å². The van der Waals surface area contributed by atoms with Crippen LogP contribution < -0.4 is 0 Å². The highest BCUT2D eigenvalue weighted by Crippen LogP contribution is 2.16. The lowest BCUT2D eigenvalue weighted by Gasteiger charge is -2.01. The fourth-order valence-electron chi connectivity index (χ4n) is 1.19. The maximum absolute atomic E-state index is 11.2. The van der Waals surface area contributed by atoms with Crippen molar-refractivity contribution < 1.29 is 19.6 Å². The largest absolute Gasteiger partial charge is 0.507 e. The maximum atomic E-state index is 11.2. The molecule has 96 valence electrons. The van der Waals surface area contributed by atoms with E-state index in [-0.39, 0.29) is 18.1 Å². The summed E-state index contributed by atoms with van der Waals surface area (Å²) in [6, 6.07) is 5.21. The molecule has 0 aliphatic rings. The zero-order valence-corrected chi connectivity index (χ0v) is 9.83. The summed E-state index contributed by atoms with van der Waals surface area (Å²) in [5.74, 6) is -0.932. The van der Waals surface area contributed by atoms with Gasteiger partial charge in [-0.3, -0.25) is 10.1 Å². The molecule has 0 aliphatic heterocycles. The summed E-state index contributed by atoms with van der Waals surface area (Å²) in [6.45, 7) is 2.13. The molecule has 0 fully saturated rings. The van der Waals surface area contributed by atoms with Crippen molar-refractivity contribution in [1.82, 2.24) is 0 Å². The van der Waals surface area contributed by atoms with E-state index in [1.165, 1.54) is 24.3 Å². The Morgan fingerprint density at radius 2 is 2.06 bits per heavy atom. The predicted molar refractivity (Wildman–Crippen MR) is 65.0 cm³/mol. The van der Waals surface area contributed by atoms with E-state index in [2.05, 4.69) is 0 Å². The van der Waals surface area contributed by atoms with Crippen LogP contribution in [0.2, 0.25) is 0 Å². The first-order valence-electron chi connectivity index (χ1n) is 5.37. The minimum absolute atomic E-state index is 0.0832. The van der Waals surface area contributed by atoms with Crippen molar-refractivity contribution in [1.29, 1.82) is 0 Å². The number of aliphatic hydroxyl groups excluding tert-OH is 1. The van der Waals surface area contributed by atoms with Gasteiger partial charge in [-0.05, 0) is 18.6 Å². The molecule has 6 heteroatoms. The minimum Gasteiger partial charge on any atom is -0.507 e. The molecule has 0 unspecified atom stereocenters. The molecule has 0 bridgehead atoms. The lowest BCUT2D eigenvalue weighted by atomic mass is 10.1. The topological polar surface area (TPSA) is 89.7 Å². The number of hydrogen-bond donors (Lipinski definition) is 1. The molecule has 0 heterocycles. The Labute approximate surface area is 104 Å². The van der Waals surface area contributed by atoms with Gasteiger partial charge < -0.3 is 9.84 Å². The van der Waals surface area contributed by atoms with Crippen LogP contribution >= 0.6 is 0 Å². The predicted octanol–water partition coefficient (Wildman–Crippen LogP) is 2.45. The number of ether oxygens (including phenoxy) is 1. The summed E-state index contributed by atoms with van der Waals surface area (Å²) in [4.78, 5) is 21.1. The number of aliphatic hydroxyl groups is 1. The molecule has 0 saturated carbocycles. The zero-order chi connectivity index (χ0) is 13.5. The quantitative estimate of drug-likeness (QED) is 0.285. The van der Waals surface area contributed by atoms with Crippen LogP contribution in [0.25, 0.3) is 5.76 Å². The number of hydrogen-bond acceptors (Lipinski definition) is 5. The standard InChI is InChI=1S/C12H13NO5/c1-2-7-18-12(15)8-11(14)9-3-5-10(6-4-9)13(16)17/h3-6,8,14H,2,7H2,1H3. The molecule has 6 nitrogen and oxygen atoms in total. The minimum atomic E-state index is -0.646. The van der Waals surface area contributed by atoms with Crippen molar-refractivity contribution >= 4 is 17.4 Å². The zero-order valence-electron chi connectivity index (χ0n) is 9.83. The second-order valence-electron chi connectivity index (χ2n) is 3.50.